The zero-order chi connectivity index (χ0) is 21.0. The molecule has 1 saturated carbocycles. The number of piperazine rings is 1. The first-order valence-corrected chi connectivity index (χ1v) is 11.4. The number of rotatable bonds is 5. The lowest BCUT2D eigenvalue weighted by atomic mass is 9.93. The topological polar surface area (TPSA) is 45.4 Å². The van der Waals surface area contributed by atoms with Gasteiger partial charge in [0, 0.05) is 43.3 Å². The van der Waals surface area contributed by atoms with Gasteiger partial charge in [-0.15, -0.1) is 10.2 Å². The molecule has 2 heterocycles. The third kappa shape index (κ3) is 4.41. The van der Waals surface area contributed by atoms with E-state index in [9.17, 15) is 4.39 Å². The maximum atomic E-state index is 14.9. The molecule has 5 rings (SSSR count). The lowest BCUT2D eigenvalue weighted by Gasteiger charge is -2.42. The summed E-state index contributed by atoms with van der Waals surface area (Å²) in [5.74, 6) is 0.689. The van der Waals surface area contributed by atoms with Gasteiger partial charge < -0.3 is 4.42 Å². The minimum Gasteiger partial charge on any atom is -0.419 e. The van der Waals surface area contributed by atoms with Crippen molar-refractivity contribution in [2.45, 2.75) is 44.2 Å². The van der Waals surface area contributed by atoms with Gasteiger partial charge in [-0.25, -0.2) is 4.39 Å². The molecule has 6 heteroatoms. The Hall–Kier alpha value is -2.57. The highest BCUT2D eigenvalue weighted by Gasteiger charge is 2.34. The summed E-state index contributed by atoms with van der Waals surface area (Å²) >= 11 is 0. The van der Waals surface area contributed by atoms with Crippen LogP contribution < -0.4 is 0 Å². The lowest BCUT2D eigenvalue weighted by Crippen LogP contribution is -2.51. The Kier molecular flexibility index (Phi) is 6.09. The van der Waals surface area contributed by atoms with E-state index in [1.54, 1.807) is 6.07 Å². The Balaban J connectivity index is 1.40. The molecule has 1 atom stereocenters. The summed E-state index contributed by atoms with van der Waals surface area (Å²) in [6.45, 7) is 3.71. The van der Waals surface area contributed by atoms with Crippen molar-refractivity contribution in [1.82, 2.24) is 20.0 Å². The van der Waals surface area contributed by atoms with Crippen molar-refractivity contribution in [1.29, 1.82) is 0 Å². The van der Waals surface area contributed by atoms with E-state index < -0.39 is 0 Å². The molecule has 1 unspecified atom stereocenters. The van der Waals surface area contributed by atoms with Crippen LogP contribution >= 0.6 is 0 Å². The molecule has 2 aliphatic rings. The highest BCUT2D eigenvalue weighted by Crippen LogP contribution is 2.33. The van der Waals surface area contributed by atoms with E-state index in [-0.39, 0.29) is 11.9 Å². The number of hydrogen-bond donors (Lipinski definition) is 0. The van der Waals surface area contributed by atoms with Crippen LogP contribution in [0.5, 0.6) is 0 Å². The van der Waals surface area contributed by atoms with E-state index in [4.69, 9.17) is 4.42 Å². The van der Waals surface area contributed by atoms with Gasteiger partial charge >= 0.3 is 0 Å². The molecule has 0 N–H and O–H groups in total. The molecule has 0 radical (unpaired) electrons. The number of benzene rings is 2. The van der Waals surface area contributed by atoms with E-state index >= 15 is 0 Å². The Morgan fingerprint density at radius 2 is 1.55 bits per heavy atom. The third-order valence-corrected chi connectivity index (χ3v) is 6.70. The van der Waals surface area contributed by atoms with Crippen molar-refractivity contribution >= 4 is 0 Å². The van der Waals surface area contributed by atoms with Crippen LogP contribution in [0.4, 0.5) is 4.39 Å². The summed E-state index contributed by atoms with van der Waals surface area (Å²) in [4.78, 5) is 4.91. The molecule has 162 valence electrons. The van der Waals surface area contributed by atoms with E-state index in [2.05, 4.69) is 20.0 Å². The van der Waals surface area contributed by atoms with Gasteiger partial charge in [-0.2, -0.15) is 0 Å². The van der Waals surface area contributed by atoms with Gasteiger partial charge in [0.05, 0.1) is 0 Å². The van der Waals surface area contributed by atoms with E-state index in [0.717, 1.165) is 31.7 Å². The fraction of sp³-hybridized carbons (Fsp3) is 0.440. The number of halogens is 1. The van der Waals surface area contributed by atoms with Crippen LogP contribution in [-0.4, -0.2) is 52.2 Å². The highest BCUT2D eigenvalue weighted by molar-refractivity contribution is 5.51. The molecular formula is C25H29FN4O. The van der Waals surface area contributed by atoms with Crippen LogP contribution in [0.3, 0.4) is 0 Å². The maximum Gasteiger partial charge on any atom is 0.247 e. The van der Waals surface area contributed by atoms with Crippen LogP contribution in [0.25, 0.3) is 11.5 Å². The average Bonchev–Trinajstić information content (AvgIpc) is 3.32. The first-order chi connectivity index (χ1) is 15.3. The molecule has 2 aromatic carbocycles. The Morgan fingerprint density at radius 1 is 0.839 bits per heavy atom. The minimum absolute atomic E-state index is 0.235. The molecule has 0 spiro atoms. The average molecular weight is 421 g/mol. The Bertz CT molecular complexity index is 978. The van der Waals surface area contributed by atoms with Gasteiger partial charge in [0.15, 0.2) is 0 Å². The summed E-state index contributed by atoms with van der Waals surface area (Å²) in [7, 11) is 0. The van der Waals surface area contributed by atoms with Gasteiger partial charge in [-0.3, -0.25) is 9.80 Å². The largest absolute Gasteiger partial charge is 0.419 e. The van der Waals surface area contributed by atoms with Crippen molar-refractivity contribution in [3.63, 3.8) is 0 Å². The van der Waals surface area contributed by atoms with Gasteiger partial charge in [-0.05, 0) is 31.0 Å². The van der Waals surface area contributed by atoms with Crippen molar-refractivity contribution in [3.8, 4) is 11.5 Å². The van der Waals surface area contributed by atoms with E-state index in [0.29, 0.717) is 23.4 Å². The quantitative estimate of drug-likeness (QED) is 0.587. The summed E-state index contributed by atoms with van der Waals surface area (Å²) in [6, 6.07) is 17.0. The SMILES string of the molecule is Fc1ccccc1C(c1nnc(-c2ccccc2)o1)N1CCN(C2CCCCC2)CC1. The fourth-order valence-corrected chi connectivity index (χ4v) is 5.03. The van der Waals surface area contributed by atoms with Crippen molar-refractivity contribution in [3.05, 3.63) is 71.9 Å². The van der Waals surface area contributed by atoms with Gasteiger partial charge in [-0.1, -0.05) is 55.7 Å². The standard InChI is InChI=1S/C25H29FN4O/c26-22-14-8-7-13-21(22)23(25-28-27-24(31-25)19-9-3-1-4-10-19)30-17-15-29(16-18-30)20-11-5-2-6-12-20/h1,3-4,7-10,13-14,20,23H,2,5-6,11-12,15-18H2. The van der Waals surface area contributed by atoms with Gasteiger partial charge in [0.1, 0.15) is 11.9 Å². The maximum absolute atomic E-state index is 14.9. The van der Waals surface area contributed by atoms with Crippen LogP contribution in [-0.2, 0) is 0 Å². The molecular weight excluding hydrogens is 391 g/mol. The molecule has 2 fully saturated rings. The molecule has 1 aliphatic carbocycles. The minimum atomic E-state index is -0.375. The van der Waals surface area contributed by atoms with Crippen molar-refractivity contribution < 1.29 is 8.81 Å². The monoisotopic (exact) mass is 420 g/mol. The van der Waals surface area contributed by atoms with Crippen LogP contribution in [0, 0.1) is 5.82 Å². The second-order valence-corrected chi connectivity index (χ2v) is 8.60. The molecule has 5 nitrogen and oxygen atoms in total. The second-order valence-electron chi connectivity index (χ2n) is 8.60. The van der Waals surface area contributed by atoms with Crippen LogP contribution in [0.2, 0.25) is 0 Å². The van der Waals surface area contributed by atoms with Crippen LogP contribution in [0.15, 0.2) is 59.0 Å². The van der Waals surface area contributed by atoms with Crippen molar-refractivity contribution in [2.24, 2.45) is 0 Å². The van der Waals surface area contributed by atoms with Crippen molar-refractivity contribution in [2.75, 3.05) is 26.2 Å². The molecule has 1 saturated heterocycles. The summed E-state index contributed by atoms with van der Waals surface area (Å²) in [5, 5.41) is 8.63. The molecule has 0 amide bonds. The van der Waals surface area contributed by atoms with E-state index in [1.807, 2.05) is 42.5 Å². The number of aromatic nitrogens is 2. The zero-order valence-corrected chi connectivity index (χ0v) is 17.8. The van der Waals surface area contributed by atoms with Crippen LogP contribution in [0.1, 0.15) is 49.6 Å². The normalized spacial score (nSPS) is 20.0. The first-order valence-electron chi connectivity index (χ1n) is 11.4. The van der Waals surface area contributed by atoms with E-state index in [1.165, 1.54) is 38.2 Å². The van der Waals surface area contributed by atoms with Gasteiger partial charge in [0.2, 0.25) is 11.8 Å². The smallest absolute Gasteiger partial charge is 0.247 e. The predicted octanol–water partition coefficient (Wildman–Crippen LogP) is 4.92. The Labute approximate surface area is 182 Å². The summed E-state index contributed by atoms with van der Waals surface area (Å²) in [6.07, 6.45) is 6.66. The highest BCUT2D eigenvalue weighted by atomic mass is 19.1. The molecule has 31 heavy (non-hydrogen) atoms. The second kappa shape index (κ2) is 9.28. The summed E-state index contributed by atoms with van der Waals surface area (Å²) < 4.78 is 20.9. The fourth-order valence-electron chi connectivity index (χ4n) is 5.03. The third-order valence-electron chi connectivity index (χ3n) is 6.70. The first kappa shape index (κ1) is 20.3. The molecule has 1 aliphatic heterocycles. The molecule has 1 aromatic heterocycles. The van der Waals surface area contributed by atoms with Gasteiger partial charge in [0.25, 0.3) is 0 Å². The molecule has 0 bridgehead atoms. The predicted molar refractivity (Wildman–Crippen MR) is 118 cm³/mol. The molecule has 3 aromatic rings. The number of nitrogens with zero attached hydrogens (tertiary/aromatic N) is 4. The Morgan fingerprint density at radius 3 is 2.29 bits per heavy atom. The number of hydrogen-bond acceptors (Lipinski definition) is 5. The summed E-state index contributed by atoms with van der Waals surface area (Å²) in [5.41, 5.74) is 1.47. The zero-order valence-electron chi connectivity index (χ0n) is 17.8. The lowest BCUT2D eigenvalue weighted by molar-refractivity contribution is 0.0582.